The molecular weight excluding hydrogens is 462 g/mol. The van der Waals surface area contributed by atoms with Crippen molar-refractivity contribution in [2.45, 2.75) is 13.0 Å². The molecule has 1 fully saturated rings. The fourth-order valence-corrected chi connectivity index (χ4v) is 4.69. The largest absolute Gasteiger partial charge is 0.368 e. The van der Waals surface area contributed by atoms with Crippen LogP contribution in [0.2, 0.25) is 0 Å². The lowest BCUT2D eigenvalue weighted by Crippen LogP contribution is -2.49. The Kier molecular flexibility index (Phi) is 7.60. The lowest BCUT2D eigenvalue weighted by molar-refractivity contribution is -0.131. The van der Waals surface area contributed by atoms with E-state index in [1.807, 2.05) is 76.4 Å². The van der Waals surface area contributed by atoms with E-state index in [2.05, 4.69) is 39.6 Å². The summed E-state index contributed by atoms with van der Waals surface area (Å²) in [6.45, 7) is 4.03. The van der Waals surface area contributed by atoms with E-state index >= 15 is 0 Å². The number of para-hydroxylation sites is 1. The predicted molar refractivity (Wildman–Crippen MR) is 145 cm³/mol. The number of carbonyl (C=O) groups excluding carboxylic acids is 2. The van der Waals surface area contributed by atoms with E-state index < -0.39 is 0 Å². The molecule has 0 aliphatic carbocycles. The third kappa shape index (κ3) is 6.06. The van der Waals surface area contributed by atoms with Crippen LogP contribution in [0, 0.1) is 0 Å². The van der Waals surface area contributed by atoms with E-state index in [0.29, 0.717) is 38.2 Å². The molecule has 1 N–H and O–H groups in total. The fourth-order valence-electron chi connectivity index (χ4n) is 4.69. The molecule has 1 aromatic heterocycles. The SMILES string of the molecule is O=C(NCCC(=O)N1CCN(c2ccccc2)CC1)c1ccccc1-c1ccc(Cn2cccn2)cc1. The van der Waals surface area contributed by atoms with Gasteiger partial charge in [-0.3, -0.25) is 14.3 Å². The molecule has 2 amide bonds. The van der Waals surface area contributed by atoms with E-state index in [1.54, 1.807) is 6.20 Å². The number of benzene rings is 3. The molecule has 0 spiro atoms. The van der Waals surface area contributed by atoms with Gasteiger partial charge in [0.05, 0.1) is 6.54 Å². The van der Waals surface area contributed by atoms with Gasteiger partial charge in [-0.05, 0) is 41.0 Å². The molecule has 0 saturated carbocycles. The first kappa shape index (κ1) is 24.3. The molecule has 7 nitrogen and oxygen atoms in total. The number of rotatable bonds is 8. The predicted octanol–water partition coefficient (Wildman–Crippen LogP) is 4.07. The lowest BCUT2D eigenvalue weighted by Gasteiger charge is -2.36. The van der Waals surface area contributed by atoms with Crippen molar-refractivity contribution < 1.29 is 9.59 Å². The number of amides is 2. The first-order valence-corrected chi connectivity index (χ1v) is 12.7. The molecule has 1 aliphatic heterocycles. The Balaban J connectivity index is 1.13. The highest BCUT2D eigenvalue weighted by Gasteiger charge is 2.21. The van der Waals surface area contributed by atoms with Gasteiger partial charge in [0.1, 0.15) is 0 Å². The molecule has 0 radical (unpaired) electrons. The molecule has 1 saturated heterocycles. The van der Waals surface area contributed by atoms with Crippen LogP contribution in [0.5, 0.6) is 0 Å². The average molecular weight is 494 g/mol. The van der Waals surface area contributed by atoms with Crippen molar-refractivity contribution in [3.63, 3.8) is 0 Å². The molecule has 3 aromatic carbocycles. The highest BCUT2D eigenvalue weighted by Crippen LogP contribution is 2.24. The number of hydrogen-bond donors (Lipinski definition) is 1. The topological polar surface area (TPSA) is 70.5 Å². The maximum absolute atomic E-state index is 13.0. The minimum absolute atomic E-state index is 0.0778. The number of carbonyl (C=O) groups is 2. The van der Waals surface area contributed by atoms with Crippen molar-refractivity contribution >= 4 is 17.5 Å². The number of nitrogens with zero attached hydrogens (tertiary/aromatic N) is 4. The van der Waals surface area contributed by atoms with Crippen LogP contribution < -0.4 is 10.2 Å². The first-order valence-electron chi connectivity index (χ1n) is 12.7. The van der Waals surface area contributed by atoms with E-state index in [1.165, 1.54) is 5.69 Å². The van der Waals surface area contributed by atoms with Crippen molar-refractivity contribution in [3.05, 3.63) is 108 Å². The molecule has 2 heterocycles. The zero-order valence-corrected chi connectivity index (χ0v) is 20.8. The highest BCUT2D eigenvalue weighted by atomic mass is 16.2. The van der Waals surface area contributed by atoms with Crippen LogP contribution in [-0.4, -0.2) is 59.2 Å². The van der Waals surface area contributed by atoms with Crippen molar-refractivity contribution in [1.29, 1.82) is 0 Å². The molecule has 37 heavy (non-hydrogen) atoms. The van der Waals surface area contributed by atoms with E-state index in [4.69, 9.17) is 0 Å². The van der Waals surface area contributed by atoms with Gasteiger partial charge in [-0.25, -0.2) is 0 Å². The summed E-state index contributed by atoms with van der Waals surface area (Å²) in [5.41, 5.74) is 4.77. The second-order valence-corrected chi connectivity index (χ2v) is 9.16. The summed E-state index contributed by atoms with van der Waals surface area (Å²) in [5.74, 6) is -0.0908. The summed E-state index contributed by atoms with van der Waals surface area (Å²) in [4.78, 5) is 30.0. The molecule has 5 rings (SSSR count). The van der Waals surface area contributed by atoms with Gasteiger partial charge < -0.3 is 15.1 Å². The summed E-state index contributed by atoms with van der Waals surface area (Å²) < 4.78 is 1.88. The van der Waals surface area contributed by atoms with Crippen LogP contribution in [0.3, 0.4) is 0 Å². The number of anilines is 1. The number of nitrogens with one attached hydrogen (secondary N) is 1. The minimum atomic E-state index is -0.169. The summed E-state index contributed by atoms with van der Waals surface area (Å²) >= 11 is 0. The van der Waals surface area contributed by atoms with Crippen LogP contribution in [0.15, 0.2) is 97.3 Å². The quantitative estimate of drug-likeness (QED) is 0.402. The maximum atomic E-state index is 13.0. The van der Waals surface area contributed by atoms with Gasteiger partial charge in [0.25, 0.3) is 5.91 Å². The van der Waals surface area contributed by atoms with Crippen LogP contribution in [0.25, 0.3) is 11.1 Å². The monoisotopic (exact) mass is 493 g/mol. The third-order valence-electron chi connectivity index (χ3n) is 6.72. The van der Waals surface area contributed by atoms with Gasteiger partial charge in [-0.1, -0.05) is 60.7 Å². The standard InChI is InChI=1S/C30H31N5O2/c36-29(34-21-19-33(20-22-34)26-7-2-1-3-8-26)15-17-31-30(37)28-10-5-4-9-27(28)25-13-11-24(12-14-25)23-35-18-6-16-32-35/h1-14,16,18H,15,17,19-23H2,(H,31,37). The van der Waals surface area contributed by atoms with Crippen LogP contribution >= 0.6 is 0 Å². The van der Waals surface area contributed by atoms with Crippen LogP contribution in [0.4, 0.5) is 5.69 Å². The second kappa shape index (κ2) is 11.6. The highest BCUT2D eigenvalue weighted by molar-refractivity contribution is 6.01. The molecule has 4 aromatic rings. The van der Waals surface area contributed by atoms with Crippen molar-refractivity contribution in [2.75, 3.05) is 37.6 Å². The maximum Gasteiger partial charge on any atom is 0.251 e. The number of piperazine rings is 1. The van der Waals surface area contributed by atoms with Crippen LogP contribution in [0.1, 0.15) is 22.3 Å². The average Bonchev–Trinajstić information content (AvgIpc) is 3.47. The smallest absolute Gasteiger partial charge is 0.251 e. The molecule has 7 heteroatoms. The zero-order valence-electron chi connectivity index (χ0n) is 20.8. The van der Waals surface area contributed by atoms with E-state index in [0.717, 1.165) is 29.8 Å². The molecule has 188 valence electrons. The van der Waals surface area contributed by atoms with Gasteiger partial charge in [0, 0.05) is 62.8 Å². The van der Waals surface area contributed by atoms with Crippen molar-refractivity contribution in [3.8, 4) is 11.1 Å². The minimum Gasteiger partial charge on any atom is -0.368 e. The Morgan fingerprint density at radius 3 is 2.27 bits per heavy atom. The normalized spacial score (nSPS) is 13.4. The molecule has 0 bridgehead atoms. The van der Waals surface area contributed by atoms with Gasteiger partial charge in [0.2, 0.25) is 5.91 Å². The Labute approximate surface area is 217 Å². The van der Waals surface area contributed by atoms with Crippen LogP contribution in [-0.2, 0) is 11.3 Å². The molecule has 0 unspecified atom stereocenters. The van der Waals surface area contributed by atoms with Crippen molar-refractivity contribution in [2.24, 2.45) is 0 Å². The van der Waals surface area contributed by atoms with Gasteiger partial charge in [-0.15, -0.1) is 0 Å². The number of hydrogen-bond acceptors (Lipinski definition) is 4. The lowest BCUT2D eigenvalue weighted by atomic mass is 9.98. The molecule has 0 atom stereocenters. The van der Waals surface area contributed by atoms with E-state index in [9.17, 15) is 9.59 Å². The molecular formula is C30H31N5O2. The third-order valence-corrected chi connectivity index (χ3v) is 6.72. The number of aromatic nitrogens is 2. The Morgan fingerprint density at radius 1 is 0.811 bits per heavy atom. The summed E-state index contributed by atoms with van der Waals surface area (Å²) in [6.07, 6.45) is 3.99. The summed E-state index contributed by atoms with van der Waals surface area (Å²) in [7, 11) is 0. The summed E-state index contributed by atoms with van der Waals surface area (Å²) in [5, 5.41) is 7.20. The summed E-state index contributed by atoms with van der Waals surface area (Å²) in [6, 6.07) is 27.9. The Bertz CT molecular complexity index is 1310. The first-order chi connectivity index (χ1) is 18.2. The Morgan fingerprint density at radius 2 is 1.54 bits per heavy atom. The van der Waals surface area contributed by atoms with Gasteiger partial charge in [0.15, 0.2) is 0 Å². The fraction of sp³-hybridized carbons (Fsp3) is 0.233. The van der Waals surface area contributed by atoms with Crippen molar-refractivity contribution in [1.82, 2.24) is 20.0 Å². The van der Waals surface area contributed by atoms with Gasteiger partial charge >= 0.3 is 0 Å². The Hall–Kier alpha value is -4.39. The van der Waals surface area contributed by atoms with Gasteiger partial charge in [-0.2, -0.15) is 5.10 Å². The second-order valence-electron chi connectivity index (χ2n) is 9.16. The van der Waals surface area contributed by atoms with E-state index in [-0.39, 0.29) is 11.8 Å². The molecule has 1 aliphatic rings. The zero-order chi connectivity index (χ0) is 25.5.